The van der Waals surface area contributed by atoms with Crippen molar-refractivity contribution in [2.24, 2.45) is 0 Å². The van der Waals surface area contributed by atoms with Gasteiger partial charge in [0.2, 0.25) is 5.91 Å². The topological polar surface area (TPSA) is 73.2 Å². The SMILES string of the molecule is O=C(CSc1nc2ccsc2c(=O)n1-c1ccccc1F)NCC1CCCO1. The Balaban J connectivity index is 1.59. The molecule has 0 saturated carbocycles. The van der Waals surface area contributed by atoms with Gasteiger partial charge in [-0.15, -0.1) is 11.3 Å². The third kappa shape index (κ3) is 3.96. The number of thiophene rings is 1. The Morgan fingerprint density at radius 2 is 2.25 bits per heavy atom. The lowest BCUT2D eigenvalue weighted by atomic mass is 10.2. The van der Waals surface area contributed by atoms with Crippen LogP contribution in [0, 0.1) is 5.82 Å². The highest BCUT2D eigenvalue weighted by Crippen LogP contribution is 2.24. The van der Waals surface area contributed by atoms with Crippen LogP contribution in [0.5, 0.6) is 0 Å². The van der Waals surface area contributed by atoms with Crippen LogP contribution in [0.15, 0.2) is 45.7 Å². The summed E-state index contributed by atoms with van der Waals surface area (Å²) in [7, 11) is 0. The zero-order chi connectivity index (χ0) is 19.5. The number of nitrogens with one attached hydrogen (secondary N) is 1. The molecule has 2 aromatic heterocycles. The number of carbonyl (C=O) groups excluding carboxylic acids is 1. The number of halogens is 1. The first-order valence-corrected chi connectivity index (χ1v) is 10.8. The monoisotopic (exact) mass is 419 g/mol. The van der Waals surface area contributed by atoms with Crippen LogP contribution in [0.3, 0.4) is 0 Å². The van der Waals surface area contributed by atoms with Crippen LogP contribution in [0.1, 0.15) is 12.8 Å². The minimum atomic E-state index is -0.521. The normalized spacial score (nSPS) is 16.5. The number of carbonyl (C=O) groups is 1. The Kier molecular flexibility index (Phi) is 5.74. The third-order valence-electron chi connectivity index (χ3n) is 4.43. The quantitative estimate of drug-likeness (QED) is 0.491. The summed E-state index contributed by atoms with van der Waals surface area (Å²) in [6.45, 7) is 1.20. The van der Waals surface area contributed by atoms with Crippen molar-refractivity contribution in [2.75, 3.05) is 18.9 Å². The van der Waals surface area contributed by atoms with Gasteiger partial charge >= 0.3 is 0 Å². The molecule has 9 heteroatoms. The molecule has 28 heavy (non-hydrogen) atoms. The van der Waals surface area contributed by atoms with Gasteiger partial charge in [-0.2, -0.15) is 0 Å². The van der Waals surface area contributed by atoms with Crippen molar-refractivity contribution in [1.82, 2.24) is 14.9 Å². The van der Waals surface area contributed by atoms with Gasteiger partial charge < -0.3 is 10.1 Å². The molecule has 1 atom stereocenters. The lowest BCUT2D eigenvalue weighted by Crippen LogP contribution is -2.33. The molecule has 0 spiro atoms. The number of fused-ring (bicyclic) bond motifs is 1. The average molecular weight is 420 g/mol. The van der Waals surface area contributed by atoms with E-state index in [9.17, 15) is 14.0 Å². The first kappa shape index (κ1) is 19.1. The highest BCUT2D eigenvalue weighted by atomic mass is 32.2. The predicted molar refractivity (Wildman–Crippen MR) is 108 cm³/mol. The molecule has 3 heterocycles. The van der Waals surface area contributed by atoms with Crippen LogP contribution in [-0.4, -0.2) is 40.5 Å². The summed E-state index contributed by atoms with van der Waals surface area (Å²) < 4.78 is 21.6. The van der Waals surface area contributed by atoms with Gasteiger partial charge in [0, 0.05) is 13.2 Å². The summed E-state index contributed by atoms with van der Waals surface area (Å²) in [4.78, 5) is 29.6. The Morgan fingerprint density at radius 3 is 3.04 bits per heavy atom. The van der Waals surface area contributed by atoms with Crippen LogP contribution in [0.25, 0.3) is 15.9 Å². The standard InChI is InChI=1S/C19H18FN3O3S2/c20-13-5-1-2-6-15(13)23-18(25)17-14(7-9-27-17)22-19(23)28-11-16(24)21-10-12-4-3-8-26-12/h1-2,5-7,9,12H,3-4,8,10-11H2,(H,21,24). The molecule has 146 valence electrons. The number of thioether (sulfide) groups is 1. The predicted octanol–water partition coefficient (Wildman–Crippen LogP) is 2.97. The van der Waals surface area contributed by atoms with Crippen LogP contribution in [0.2, 0.25) is 0 Å². The molecule has 0 bridgehead atoms. The fourth-order valence-corrected chi connectivity index (χ4v) is 4.64. The Morgan fingerprint density at radius 1 is 1.39 bits per heavy atom. The Hall–Kier alpha value is -2.23. The lowest BCUT2D eigenvalue weighted by Gasteiger charge is -2.13. The number of nitrogens with zero attached hydrogens (tertiary/aromatic N) is 2. The smallest absolute Gasteiger partial charge is 0.276 e. The van der Waals surface area contributed by atoms with E-state index >= 15 is 0 Å². The largest absolute Gasteiger partial charge is 0.376 e. The van der Waals surface area contributed by atoms with Crippen molar-refractivity contribution >= 4 is 39.2 Å². The Labute approximate surface area is 168 Å². The molecule has 0 aliphatic carbocycles. The average Bonchev–Trinajstić information content (AvgIpc) is 3.37. The molecular weight excluding hydrogens is 401 g/mol. The van der Waals surface area contributed by atoms with E-state index in [1.165, 1.54) is 28.0 Å². The maximum Gasteiger partial charge on any atom is 0.276 e. The number of amides is 1. The third-order valence-corrected chi connectivity index (χ3v) is 6.26. The van der Waals surface area contributed by atoms with Crippen molar-refractivity contribution in [1.29, 1.82) is 0 Å². The van der Waals surface area contributed by atoms with Gasteiger partial charge in [-0.3, -0.25) is 14.2 Å². The number of hydrogen-bond donors (Lipinski definition) is 1. The van der Waals surface area contributed by atoms with E-state index in [2.05, 4.69) is 10.3 Å². The van der Waals surface area contributed by atoms with Crippen molar-refractivity contribution in [3.05, 3.63) is 51.9 Å². The second-order valence-corrected chi connectivity index (χ2v) is 8.21. The highest BCUT2D eigenvalue weighted by Gasteiger charge is 2.19. The summed E-state index contributed by atoms with van der Waals surface area (Å²) in [5, 5.41) is 4.90. The maximum atomic E-state index is 14.4. The van der Waals surface area contributed by atoms with Crippen molar-refractivity contribution in [3.63, 3.8) is 0 Å². The van der Waals surface area contributed by atoms with Crippen molar-refractivity contribution < 1.29 is 13.9 Å². The fourth-order valence-electron chi connectivity index (χ4n) is 3.05. The number of rotatable bonds is 6. The Bertz CT molecular complexity index is 1060. The molecule has 1 amide bonds. The van der Waals surface area contributed by atoms with E-state index in [1.54, 1.807) is 23.6 Å². The van der Waals surface area contributed by atoms with Gasteiger partial charge in [0.15, 0.2) is 5.16 Å². The van der Waals surface area contributed by atoms with E-state index in [4.69, 9.17) is 4.74 Å². The molecule has 1 fully saturated rings. The van der Waals surface area contributed by atoms with Gasteiger partial charge in [0.1, 0.15) is 10.5 Å². The molecule has 4 rings (SSSR count). The molecule has 1 unspecified atom stereocenters. The summed E-state index contributed by atoms with van der Waals surface area (Å²) >= 11 is 2.37. The van der Waals surface area contributed by atoms with Crippen LogP contribution < -0.4 is 10.9 Å². The molecule has 1 saturated heterocycles. The van der Waals surface area contributed by atoms with E-state index in [1.807, 2.05) is 0 Å². The minimum absolute atomic E-state index is 0.0610. The van der Waals surface area contributed by atoms with Crippen molar-refractivity contribution in [2.45, 2.75) is 24.1 Å². The van der Waals surface area contributed by atoms with Crippen LogP contribution in [0.4, 0.5) is 4.39 Å². The molecule has 6 nitrogen and oxygen atoms in total. The summed E-state index contributed by atoms with van der Waals surface area (Å²) in [6.07, 6.45) is 2.01. The number of ether oxygens (including phenoxy) is 1. The first-order chi connectivity index (χ1) is 13.6. The molecule has 1 N–H and O–H groups in total. The summed E-state index contributed by atoms with van der Waals surface area (Å²) in [5.74, 6) is -0.629. The number of hydrogen-bond acceptors (Lipinski definition) is 6. The molecule has 1 aromatic carbocycles. The van der Waals surface area contributed by atoms with Gasteiger partial charge in [0.25, 0.3) is 5.56 Å². The van der Waals surface area contributed by atoms with Crippen LogP contribution in [-0.2, 0) is 9.53 Å². The molecular formula is C19H18FN3O3S2. The molecule has 1 aliphatic rings. The second-order valence-electron chi connectivity index (χ2n) is 6.35. The second kappa shape index (κ2) is 8.42. The lowest BCUT2D eigenvalue weighted by molar-refractivity contribution is -0.119. The van der Waals surface area contributed by atoms with Crippen molar-refractivity contribution in [3.8, 4) is 5.69 Å². The summed E-state index contributed by atoms with van der Waals surface area (Å²) in [5.41, 5.74) is 0.329. The van der Waals surface area contributed by atoms with Gasteiger partial charge in [-0.25, -0.2) is 9.37 Å². The molecule has 1 aliphatic heterocycles. The minimum Gasteiger partial charge on any atom is -0.376 e. The van der Waals surface area contributed by atoms with Gasteiger partial charge in [-0.1, -0.05) is 23.9 Å². The van der Waals surface area contributed by atoms with E-state index in [0.717, 1.165) is 31.2 Å². The van der Waals surface area contributed by atoms with Gasteiger partial charge in [0.05, 0.1) is 23.1 Å². The highest BCUT2D eigenvalue weighted by molar-refractivity contribution is 7.99. The number of aromatic nitrogens is 2. The zero-order valence-electron chi connectivity index (χ0n) is 14.9. The number of para-hydroxylation sites is 1. The summed E-state index contributed by atoms with van der Waals surface area (Å²) in [6, 6.07) is 7.79. The van der Waals surface area contributed by atoms with E-state index in [-0.39, 0.29) is 34.2 Å². The molecule has 0 radical (unpaired) electrons. The fraction of sp³-hybridized carbons (Fsp3) is 0.316. The van der Waals surface area contributed by atoms with E-state index in [0.29, 0.717) is 16.8 Å². The molecule has 3 aromatic rings. The maximum absolute atomic E-state index is 14.4. The van der Waals surface area contributed by atoms with Gasteiger partial charge in [-0.05, 0) is 36.4 Å². The zero-order valence-corrected chi connectivity index (χ0v) is 16.5. The van der Waals surface area contributed by atoms with Crippen LogP contribution >= 0.6 is 23.1 Å². The first-order valence-electron chi connectivity index (χ1n) is 8.90. The van der Waals surface area contributed by atoms with E-state index < -0.39 is 5.82 Å². The number of benzene rings is 1.